The molecule has 21 heavy (non-hydrogen) atoms. The predicted molar refractivity (Wildman–Crippen MR) is 82.9 cm³/mol. The summed E-state index contributed by atoms with van der Waals surface area (Å²) in [6.45, 7) is 0. The van der Waals surface area contributed by atoms with E-state index in [1.54, 1.807) is 6.20 Å². The molecule has 4 saturated carbocycles. The van der Waals surface area contributed by atoms with Gasteiger partial charge in [-0.25, -0.2) is 4.98 Å². The standard InChI is InChI=1S/C16H23N3OS/c1-19-3-2-17-16(19)21-9-14(20)18-15-12-5-10-4-11(7-12)8-13(15)6-10/h2-3,10-13,15H,4-9H2,1H3,(H,18,20). The van der Waals surface area contributed by atoms with Crippen LogP contribution in [0.4, 0.5) is 0 Å². The average Bonchev–Trinajstić information content (AvgIpc) is 2.85. The fourth-order valence-corrected chi connectivity index (χ4v) is 5.75. The largest absolute Gasteiger partial charge is 0.352 e. The number of thioether (sulfide) groups is 1. The van der Waals surface area contributed by atoms with Crippen LogP contribution >= 0.6 is 11.8 Å². The third kappa shape index (κ3) is 2.60. The zero-order valence-electron chi connectivity index (χ0n) is 12.5. The van der Waals surface area contributed by atoms with Crippen molar-refractivity contribution in [2.75, 3.05) is 5.75 Å². The van der Waals surface area contributed by atoms with Crippen LogP contribution in [0.1, 0.15) is 32.1 Å². The Bertz CT molecular complexity index is 513. The van der Waals surface area contributed by atoms with Crippen LogP contribution in [-0.2, 0) is 11.8 Å². The highest BCUT2D eigenvalue weighted by molar-refractivity contribution is 7.99. The topological polar surface area (TPSA) is 46.9 Å². The summed E-state index contributed by atoms with van der Waals surface area (Å²) < 4.78 is 1.96. The highest BCUT2D eigenvalue weighted by Gasteiger charge is 2.48. The van der Waals surface area contributed by atoms with E-state index < -0.39 is 0 Å². The molecule has 1 amide bonds. The Morgan fingerprint density at radius 3 is 2.52 bits per heavy atom. The summed E-state index contributed by atoms with van der Waals surface area (Å²) >= 11 is 1.53. The highest BCUT2D eigenvalue weighted by atomic mass is 32.2. The molecule has 0 aliphatic heterocycles. The minimum absolute atomic E-state index is 0.181. The van der Waals surface area contributed by atoms with Crippen LogP contribution in [0.15, 0.2) is 17.6 Å². The number of hydrogen-bond acceptors (Lipinski definition) is 3. The lowest BCUT2D eigenvalue weighted by atomic mass is 9.54. The van der Waals surface area contributed by atoms with Crippen molar-refractivity contribution >= 4 is 17.7 Å². The molecule has 1 N–H and O–H groups in total. The van der Waals surface area contributed by atoms with Crippen molar-refractivity contribution in [3.8, 4) is 0 Å². The number of aryl methyl sites for hydroxylation is 1. The van der Waals surface area contributed by atoms with Gasteiger partial charge in [-0.3, -0.25) is 4.79 Å². The highest BCUT2D eigenvalue weighted by Crippen LogP contribution is 2.53. The number of nitrogens with zero attached hydrogens (tertiary/aromatic N) is 2. The van der Waals surface area contributed by atoms with E-state index in [0.29, 0.717) is 11.8 Å². The molecule has 5 heteroatoms. The molecule has 5 rings (SSSR count). The quantitative estimate of drug-likeness (QED) is 0.869. The minimum atomic E-state index is 0.181. The molecule has 0 aromatic carbocycles. The fraction of sp³-hybridized carbons (Fsp3) is 0.750. The molecule has 4 aliphatic rings. The zero-order valence-corrected chi connectivity index (χ0v) is 13.3. The minimum Gasteiger partial charge on any atom is -0.352 e. The van der Waals surface area contributed by atoms with Gasteiger partial charge in [-0.1, -0.05) is 11.8 Å². The van der Waals surface area contributed by atoms with E-state index in [2.05, 4.69) is 10.3 Å². The molecule has 0 saturated heterocycles. The van der Waals surface area contributed by atoms with Gasteiger partial charge in [-0.2, -0.15) is 0 Å². The Kier molecular flexibility index (Phi) is 3.48. The molecular formula is C16H23N3OS. The second-order valence-electron chi connectivity index (χ2n) is 7.13. The van der Waals surface area contributed by atoms with Crippen molar-refractivity contribution in [3.63, 3.8) is 0 Å². The van der Waals surface area contributed by atoms with Gasteiger partial charge in [0.25, 0.3) is 0 Å². The number of carbonyl (C=O) groups excluding carboxylic acids is 1. The lowest BCUT2D eigenvalue weighted by Crippen LogP contribution is -2.56. The maximum absolute atomic E-state index is 12.3. The van der Waals surface area contributed by atoms with Crippen molar-refractivity contribution in [2.24, 2.45) is 30.7 Å². The molecule has 1 heterocycles. The van der Waals surface area contributed by atoms with Crippen molar-refractivity contribution in [3.05, 3.63) is 12.4 Å². The fourth-order valence-electron chi connectivity index (χ4n) is 5.01. The molecule has 0 radical (unpaired) electrons. The molecule has 4 fully saturated rings. The van der Waals surface area contributed by atoms with Gasteiger partial charge in [-0.15, -0.1) is 0 Å². The van der Waals surface area contributed by atoms with Gasteiger partial charge in [0.15, 0.2) is 5.16 Å². The molecule has 114 valence electrons. The van der Waals surface area contributed by atoms with Crippen LogP contribution in [0.3, 0.4) is 0 Å². The molecule has 4 nitrogen and oxygen atoms in total. The first-order chi connectivity index (χ1) is 10.2. The molecule has 0 unspecified atom stereocenters. The summed E-state index contributed by atoms with van der Waals surface area (Å²) in [5, 5.41) is 4.26. The third-order valence-electron chi connectivity index (χ3n) is 5.66. The summed E-state index contributed by atoms with van der Waals surface area (Å²) in [6, 6.07) is 0.451. The number of nitrogens with one attached hydrogen (secondary N) is 1. The number of amides is 1. The maximum atomic E-state index is 12.3. The smallest absolute Gasteiger partial charge is 0.230 e. The number of rotatable bonds is 4. The number of imidazole rings is 1. The van der Waals surface area contributed by atoms with Crippen molar-refractivity contribution in [1.29, 1.82) is 0 Å². The molecule has 0 spiro atoms. The first-order valence-corrected chi connectivity index (χ1v) is 9.07. The third-order valence-corrected chi connectivity index (χ3v) is 6.72. The van der Waals surface area contributed by atoms with Crippen LogP contribution in [0, 0.1) is 23.7 Å². The van der Waals surface area contributed by atoms with Crippen LogP contribution in [0.25, 0.3) is 0 Å². The first-order valence-electron chi connectivity index (χ1n) is 8.08. The van der Waals surface area contributed by atoms with Crippen molar-refractivity contribution in [2.45, 2.75) is 43.3 Å². The second kappa shape index (κ2) is 5.34. The van der Waals surface area contributed by atoms with Gasteiger partial charge in [0.1, 0.15) is 0 Å². The van der Waals surface area contributed by atoms with Crippen LogP contribution in [-0.4, -0.2) is 27.3 Å². The van der Waals surface area contributed by atoms with Crippen LogP contribution in [0.2, 0.25) is 0 Å². The van der Waals surface area contributed by atoms with Gasteiger partial charge in [0.05, 0.1) is 5.75 Å². The molecule has 4 bridgehead atoms. The number of aromatic nitrogens is 2. The molecule has 1 aromatic heterocycles. The van der Waals surface area contributed by atoms with E-state index in [1.165, 1.54) is 43.9 Å². The number of hydrogen-bond donors (Lipinski definition) is 1. The maximum Gasteiger partial charge on any atom is 0.230 e. The lowest BCUT2D eigenvalue weighted by Gasteiger charge is -2.54. The zero-order chi connectivity index (χ0) is 14.4. The van der Waals surface area contributed by atoms with Crippen LogP contribution < -0.4 is 5.32 Å². The summed E-state index contributed by atoms with van der Waals surface area (Å²) in [7, 11) is 1.96. The number of carbonyl (C=O) groups is 1. The van der Waals surface area contributed by atoms with Crippen molar-refractivity contribution in [1.82, 2.24) is 14.9 Å². The Morgan fingerprint density at radius 1 is 1.29 bits per heavy atom. The van der Waals surface area contributed by atoms with Crippen molar-refractivity contribution < 1.29 is 4.79 Å². The van der Waals surface area contributed by atoms with E-state index in [-0.39, 0.29) is 5.91 Å². The van der Waals surface area contributed by atoms with E-state index >= 15 is 0 Å². The summed E-state index contributed by atoms with van der Waals surface area (Å²) in [6.07, 6.45) is 10.6. The monoisotopic (exact) mass is 305 g/mol. The molecule has 0 atom stereocenters. The summed E-state index contributed by atoms with van der Waals surface area (Å²) in [4.78, 5) is 16.5. The Morgan fingerprint density at radius 2 is 1.95 bits per heavy atom. The van der Waals surface area contributed by atoms with Gasteiger partial charge < -0.3 is 9.88 Å². The molecular weight excluding hydrogens is 282 g/mol. The van der Waals surface area contributed by atoms with E-state index in [9.17, 15) is 4.79 Å². The lowest BCUT2D eigenvalue weighted by molar-refractivity contribution is -0.122. The Balaban J connectivity index is 1.33. The second-order valence-corrected chi connectivity index (χ2v) is 8.08. The van der Waals surface area contributed by atoms with E-state index in [4.69, 9.17) is 0 Å². The summed E-state index contributed by atoms with van der Waals surface area (Å²) in [5.74, 6) is 4.09. The Hall–Kier alpha value is -0.970. The predicted octanol–water partition coefficient (Wildman–Crippen LogP) is 2.45. The molecule has 1 aromatic rings. The van der Waals surface area contributed by atoms with Gasteiger partial charge in [0, 0.05) is 25.5 Å². The average molecular weight is 305 g/mol. The Labute approximate surface area is 130 Å². The summed E-state index contributed by atoms with van der Waals surface area (Å²) in [5.41, 5.74) is 0. The van der Waals surface area contributed by atoms with Gasteiger partial charge in [-0.05, 0) is 55.8 Å². The van der Waals surface area contributed by atoms with Gasteiger partial charge >= 0.3 is 0 Å². The van der Waals surface area contributed by atoms with E-state index in [1.807, 2.05) is 17.8 Å². The normalized spacial score (nSPS) is 36.9. The SMILES string of the molecule is Cn1ccnc1SCC(=O)NC1C2CC3CC(C2)CC1C3. The molecule has 4 aliphatic carbocycles. The first kappa shape index (κ1) is 13.7. The van der Waals surface area contributed by atoms with Crippen LogP contribution in [0.5, 0.6) is 0 Å². The van der Waals surface area contributed by atoms with Gasteiger partial charge in [0.2, 0.25) is 5.91 Å². The van der Waals surface area contributed by atoms with E-state index in [0.717, 1.165) is 28.8 Å².